The first-order chi connectivity index (χ1) is 10.4. The van der Waals surface area contributed by atoms with E-state index in [4.69, 9.17) is 4.98 Å². The van der Waals surface area contributed by atoms with Crippen LogP contribution in [0.25, 0.3) is 21.8 Å². The lowest BCUT2D eigenvalue weighted by Crippen LogP contribution is -2.06. The molecule has 1 aromatic heterocycles. The molecule has 1 heterocycles. The molecule has 3 rings (SSSR count). The maximum absolute atomic E-state index is 5.04. The van der Waals surface area contributed by atoms with Crippen LogP contribution in [0.3, 0.4) is 0 Å². The molecule has 1 heteroatoms. The SMILES string of the molecule is Cc1c(C(C)C)c(C(C)C)c2nc3ccccc3cc2c1C. The lowest BCUT2D eigenvalue weighted by Gasteiger charge is -2.23. The molecule has 3 aromatic rings. The molecule has 0 amide bonds. The maximum Gasteiger partial charge on any atom is 0.0750 e. The van der Waals surface area contributed by atoms with E-state index < -0.39 is 0 Å². The van der Waals surface area contributed by atoms with Crippen molar-refractivity contribution in [3.63, 3.8) is 0 Å². The van der Waals surface area contributed by atoms with Crippen molar-refractivity contribution < 1.29 is 0 Å². The first kappa shape index (κ1) is 15.0. The molecule has 0 aliphatic rings. The third-order valence-corrected chi connectivity index (χ3v) is 4.79. The zero-order valence-corrected chi connectivity index (χ0v) is 14.5. The normalized spacial score (nSPS) is 12.0. The minimum Gasteiger partial charge on any atom is -0.247 e. The van der Waals surface area contributed by atoms with Gasteiger partial charge in [-0.3, -0.25) is 0 Å². The lowest BCUT2D eigenvalue weighted by atomic mass is 9.82. The Morgan fingerprint density at radius 1 is 0.818 bits per heavy atom. The van der Waals surface area contributed by atoms with Gasteiger partial charge in [0, 0.05) is 10.8 Å². The number of aryl methyl sites for hydroxylation is 1. The number of hydrogen-bond donors (Lipinski definition) is 0. The molecule has 0 saturated heterocycles. The second-order valence-electron chi connectivity index (χ2n) is 6.96. The fraction of sp³-hybridized carbons (Fsp3) is 0.381. The molecule has 0 atom stereocenters. The van der Waals surface area contributed by atoms with Crippen molar-refractivity contribution in [1.82, 2.24) is 4.98 Å². The van der Waals surface area contributed by atoms with Crippen LogP contribution in [0.4, 0.5) is 0 Å². The summed E-state index contributed by atoms with van der Waals surface area (Å²) in [6.07, 6.45) is 0. The molecule has 0 radical (unpaired) electrons. The molecule has 0 aliphatic carbocycles. The molecule has 114 valence electrons. The van der Waals surface area contributed by atoms with Crippen molar-refractivity contribution in [1.29, 1.82) is 0 Å². The molecule has 0 saturated carbocycles. The van der Waals surface area contributed by atoms with Crippen LogP contribution >= 0.6 is 0 Å². The van der Waals surface area contributed by atoms with Crippen LogP contribution in [-0.4, -0.2) is 4.98 Å². The Morgan fingerprint density at radius 2 is 1.45 bits per heavy atom. The summed E-state index contributed by atoms with van der Waals surface area (Å²) in [6, 6.07) is 10.7. The highest BCUT2D eigenvalue weighted by Gasteiger charge is 2.20. The number of aromatic nitrogens is 1. The topological polar surface area (TPSA) is 12.9 Å². The first-order valence-electron chi connectivity index (χ1n) is 8.24. The van der Waals surface area contributed by atoms with Crippen LogP contribution in [0.15, 0.2) is 30.3 Å². The van der Waals surface area contributed by atoms with E-state index in [1.54, 1.807) is 0 Å². The van der Waals surface area contributed by atoms with E-state index in [9.17, 15) is 0 Å². The smallest absolute Gasteiger partial charge is 0.0750 e. The van der Waals surface area contributed by atoms with Gasteiger partial charge in [-0.15, -0.1) is 0 Å². The molecular formula is C21H25N. The molecule has 1 nitrogen and oxygen atoms in total. The highest BCUT2D eigenvalue weighted by atomic mass is 14.7. The first-order valence-corrected chi connectivity index (χ1v) is 8.24. The number of pyridine rings is 1. The Bertz CT molecular complexity index is 857. The van der Waals surface area contributed by atoms with Crippen LogP contribution in [0.2, 0.25) is 0 Å². The molecule has 0 spiro atoms. The summed E-state index contributed by atoms with van der Waals surface area (Å²) in [6.45, 7) is 13.7. The Morgan fingerprint density at radius 3 is 2.09 bits per heavy atom. The Labute approximate surface area is 133 Å². The van der Waals surface area contributed by atoms with Gasteiger partial charge in [-0.1, -0.05) is 45.9 Å². The average molecular weight is 291 g/mol. The van der Waals surface area contributed by atoms with E-state index in [1.807, 2.05) is 0 Å². The molecule has 0 bridgehead atoms. The number of nitrogens with zero attached hydrogens (tertiary/aromatic N) is 1. The van der Waals surface area contributed by atoms with Crippen molar-refractivity contribution in [2.75, 3.05) is 0 Å². The highest BCUT2D eigenvalue weighted by molar-refractivity contribution is 5.97. The highest BCUT2D eigenvalue weighted by Crippen LogP contribution is 2.38. The molecule has 22 heavy (non-hydrogen) atoms. The van der Waals surface area contributed by atoms with Crippen LogP contribution in [0.1, 0.15) is 61.8 Å². The predicted octanol–water partition coefficient (Wildman–Crippen LogP) is 6.25. The molecular weight excluding hydrogens is 266 g/mol. The number of benzene rings is 2. The van der Waals surface area contributed by atoms with Gasteiger partial charge in [-0.25, -0.2) is 4.98 Å². The summed E-state index contributed by atoms with van der Waals surface area (Å²) in [4.78, 5) is 5.04. The predicted molar refractivity (Wildman–Crippen MR) is 96.9 cm³/mol. The summed E-state index contributed by atoms with van der Waals surface area (Å²) in [5.41, 5.74) is 8.02. The van der Waals surface area contributed by atoms with Crippen molar-refractivity contribution in [2.24, 2.45) is 0 Å². The molecule has 0 unspecified atom stereocenters. The third kappa shape index (κ3) is 2.20. The number of rotatable bonds is 2. The minimum atomic E-state index is 0.480. The Balaban J connectivity index is 2.56. The Kier molecular flexibility index (Phi) is 3.68. The molecule has 0 N–H and O–H groups in total. The lowest BCUT2D eigenvalue weighted by molar-refractivity contribution is 0.787. The van der Waals surface area contributed by atoms with E-state index in [-0.39, 0.29) is 0 Å². The standard InChI is InChI=1S/C21H25N/c1-12(2)19-15(6)14(5)17-11-16-9-7-8-10-18(16)22-21(17)20(19)13(3)4/h7-13H,1-6H3. The number of hydrogen-bond acceptors (Lipinski definition) is 1. The van der Waals surface area contributed by atoms with Crippen LogP contribution in [0.5, 0.6) is 0 Å². The Hall–Kier alpha value is -1.89. The van der Waals surface area contributed by atoms with Crippen LogP contribution < -0.4 is 0 Å². The van der Waals surface area contributed by atoms with E-state index in [1.165, 1.54) is 38.5 Å². The molecule has 0 fully saturated rings. The van der Waals surface area contributed by atoms with Gasteiger partial charge in [0.15, 0.2) is 0 Å². The molecule has 2 aromatic carbocycles. The summed E-state index contributed by atoms with van der Waals surface area (Å²) in [7, 11) is 0. The monoisotopic (exact) mass is 291 g/mol. The fourth-order valence-corrected chi connectivity index (χ4v) is 3.67. The summed E-state index contributed by atoms with van der Waals surface area (Å²) < 4.78 is 0. The summed E-state index contributed by atoms with van der Waals surface area (Å²) in [5.74, 6) is 1.00. The van der Waals surface area contributed by atoms with Crippen molar-refractivity contribution in [2.45, 2.75) is 53.4 Å². The van der Waals surface area contributed by atoms with Crippen LogP contribution in [0, 0.1) is 13.8 Å². The third-order valence-electron chi connectivity index (χ3n) is 4.79. The van der Waals surface area contributed by atoms with Gasteiger partial charge < -0.3 is 0 Å². The quantitative estimate of drug-likeness (QED) is 0.508. The second kappa shape index (κ2) is 5.39. The van der Waals surface area contributed by atoms with Crippen molar-refractivity contribution >= 4 is 21.8 Å². The summed E-state index contributed by atoms with van der Waals surface area (Å²) in [5, 5.41) is 2.54. The maximum atomic E-state index is 5.04. The van der Waals surface area contributed by atoms with Gasteiger partial charge in [0.05, 0.1) is 11.0 Å². The molecule has 0 aliphatic heterocycles. The zero-order chi connectivity index (χ0) is 16.0. The van der Waals surface area contributed by atoms with Gasteiger partial charge in [0.2, 0.25) is 0 Å². The number of para-hydroxylation sites is 1. The summed E-state index contributed by atoms with van der Waals surface area (Å²) >= 11 is 0. The largest absolute Gasteiger partial charge is 0.247 e. The van der Waals surface area contributed by atoms with Gasteiger partial charge in [0.25, 0.3) is 0 Å². The fourth-order valence-electron chi connectivity index (χ4n) is 3.67. The van der Waals surface area contributed by atoms with Gasteiger partial charge in [-0.2, -0.15) is 0 Å². The van der Waals surface area contributed by atoms with E-state index >= 15 is 0 Å². The minimum absolute atomic E-state index is 0.480. The van der Waals surface area contributed by atoms with Gasteiger partial charge >= 0.3 is 0 Å². The van der Waals surface area contributed by atoms with E-state index in [2.05, 4.69) is 71.9 Å². The van der Waals surface area contributed by atoms with E-state index in [0.717, 1.165) is 5.52 Å². The van der Waals surface area contributed by atoms with Crippen molar-refractivity contribution in [3.05, 3.63) is 52.6 Å². The zero-order valence-electron chi connectivity index (χ0n) is 14.5. The van der Waals surface area contributed by atoms with E-state index in [0.29, 0.717) is 11.8 Å². The number of fused-ring (bicyclic) bond motifs is 2. The van der Waals surface area contributed by atoms with Gasteiger partial charge in [0.1, 0.15) is 0 Å². The van der Waals surface area contributed by atoms with Crippen molar-refractivity contribution in [3.8, 4) is 0 Å². The van der Waals surface area contributed by atoms with Crippen LogP contribution in [-0.2, 0) is 0 Å². The van der Waals surface area contributed by atoms with Gasteiger partial charge in [-0.05, 0) is 60.1 Å². The second-order valence-corrected chi connectivity index (χ2v) is 6.96. The average Bonchev–Trinajstić information content (AvgIpc) is 2.48.